The van der Waals surface area contributed by atoms with Gasteiger partial charge in [0.15, 0.2) is 11.5 Å². The smallest absolute Gasteiger partial charge is 0.306 e. The van der Waals surface area contributed by atoms with Crippen molar-refractivity contribution in [3.63, 3.8) is 0 Å². The molecule has 0 heterocycles. The number of aryl methyl sites for hydroxylation is 1. The Hall–Kier alpha value is -2.20. The Kier molecular flexibility index (Phi) is 6.29. The molecule has 23 heavy (non-hydrogen) atoms. The second-order valence-corrected chi connectivity index (χ2v) is 5.31. The fourth-order valence-corrected chi connectivity index (χ4v) is 2.42. The van der Waals surface area contributed by atoms with Gasteiger partial charge in [-0.25, -0.2) is 0 Å². The quantitative estimate of drug-likeness (QED) is 0.717. The van der Waals surface area contributed by atoms with E-state index in [2.05, 4.69) is 0 Å². The van der Waals surface area contributed by atoms with Crippen LogP contribution in [-0.2, 0) is 22.6 Å². The number of esters is 1. The zero-order valence-electron chi connectivity index (χ0n) is 13.2. The molecular weight excluding hydrogens is 316 g/mol. The highest BCUT2D eigenvalue weighted by atomic mass is 35.5. The highest BCUT2D eigenvalue weighted by molar-refractivity contribution is 6.31. The summed E-state index contributed by atoms with van der Waals surface area (Å²) in [6.07, 6.45) is 0.774. The van der Waals surface area contributed by atoms with E-state index >= 15 is 0 Å². The molecule has 0 spiro atoms. The van der Waals surface area contributed by atoms with Crippen molar-refractivity contribution in [1.82, 2.24) is 0 Å². The van der Waals surface area contributed by atoms with E-state index in [4.69, 9.17) is 25.8 Å². The summed E-state index contributed by atoms with van der Waals surface area (Å²) >= 11 is 6.03. The lowest BCUT2D eigenvalue weighted by atomic mass is 10.1. The van der Waals surface area contributed by atoms with Crippen molar-refractivity contribution in [1.29, 1.82) is 0 Å². The molecule has 4 nitrogen and oxygen atoms in total. The SMILES string of the molecule is COc1cccc(CCC(=O)OCc2ccccc2Cl)c1OC. The molecule has 5 heteroatoms. The largest absolute Gasteiger partial charge is 0.493 e. The topological polar surface area (TPSA) is 44.8 Å². The van der Waals surface area contributed by atoms with Gasteiger partial charge in [-0.05, 0) is 24.1 Å². The molecule has 0 saturated carbocycles. The van der Waals surface area contributed by atoms with Gasteiger partial charge >= 0.3 is 5.97 Å². The van der Waals surface area contributed by atoms with Crippen LogP contribution in [0.2, 0.25) is 5.02 Å². The van der Waals surface area contributed by atoms with Crippen LogP contribution in [0.5, 0.6) is 11.5 Å². The van der Waals surface area contributed by atoms with Gasteiger partial charge in [0.1, 0.15) is 6.61 Å². The van der Waals surface area contributed by atoms with Crippen LogP contribution in [0.15, 0.2) is 42.5 Å². The summed E-state index contributed by atoms with van der Waals surface area (Å²) in [5, 5.41) is 0.592. The molecule has 0 bridgehead atoms. The van der Waals surface area contributed by atoms with Crippen LogP contribution in [0, 0.1) is 0 Å². The molecule has 2 rings (SSSR count). The Morgan fingerprint density at radius 3 is 2.43 bits per heavy atom. The van der Waals surface area contributed by atoms with Crippen molar-refractivity contribution < 1.29 is 19.0 Å². The van der Waals surface area contributed by atoms with Gasteiger partial charge in [-0.1, -0.05) is 41.9 Å². The summed E-state index contributed by atoms with van der Waals surface area (Å²) < 4.78 is 15.9. The maximum absolute atomic E-state index is 11.9. The summed E-state index contributed by atoms with van der Waals surface area (Å²) in [7, 11) is 3.16. The highest BCUT2D eigenvalue weighted by Gasteiger charge is 2.12. The lowest BCUT2D eigenvalue weighted by Crippen LogP contribution is -2.07. The third-order valence-corrected chi connectivity index (χ3v) is 3.80. The first-order chi connectivity index (χ1) is 11.2. The molecule has 0 atom stereocenters. The van der Waals surface area contributed by atoms with Crippen molar-refractivity contribution in [2.45, 2.75) is 19.4 Å². The predicted octanol–water partition coefficient (Wildman–Crippen LogP) is 4.03. The minimum Gasteiger partial charge on any atom is -0.493 e. The third kappa shape index (κ3) is 4.63. The highest BCUT2D eigenvalue weighted by Crippen LogP contribution is 2.31. The van der Waals surface area contributed by atoms with Gasteiger partial charge in [0.05, 0.1) is 14.2 Å². The van der Waals surface area contributed by atoms with Gasteiger partial charge in [-0.3, -0.25) is 4.79 Å². The van der Waals surface area contributed by atoms with E-state index < -0.39 is 0 Å². The Bertz CT molecular complexity index is 670. The van der Waals surface area contributed by atoms with Crippen molar-refractivity contribution in [3.05, 3.63) is 58.6 Å². The number of hydrogen-bond donors (Lipinski definition) is 0. The summed E-state index contributed by atoms with van der Waals surface area (Å²) in [6.45, 7) is 0.174. The van der Waals surface area contributed by atoms with Crippen LogP contribution in [0.4, 0.5) is 0 Å². The number of para-hydroxylation sites is 1. The number of carbonyl (C=O) groups is 1. The number of halogens is 1. The van der Waals surface area contributed by atoms with Crippen molar-refractivity contribution in [2.75, 3.05) is 14.2 Å². The zero-order chi connectivity index (χ0) is 16.7. The third-order valence-electron chi connectivity index (χ3n) is 3.43. The molecule has 0 unspecified atom stereocenters. The fourth-order valence-electron chi connectivity index (χ4n) is 2.23. The van der Waals surface area contributed by atoms with E-state index in [0.29, 0.717) is 22.9 Å². The van der Waals surface area contributed by atoms with Gasteiger partial charge in [0.25, 0.3) is 0 Å². The maximum atomic E-state index is 11.9. The summed E-state index contributed by atoms with van der Waals surface area (Å²) in [6, 6.07) is 12.9. The van der Waals surface area contributed by atoms with Gasteiger partial charge in [-0.2, -0.15) is 0 Å². The molecule has 0 amide bonds. The van der Waals surface area contributed by atoms with Crippen molar-refractivity contribution >= 4 is 17.6 Å². The maximum Gasteiger partial charge on any atom is 0.306 e. The molecule has 0 aliphatic carbocycles. The Morgan fingerprint density at radius 1 is 1.00 bits per heavy atom. The molecule has 0 radical (unpaired) electrons. The molecule has 2 aromatic carbocycles. The lowest BCUT2D eigenvalue weighted by molar-refractivity contribution is -0.144. The molecule has 0 aliphatic rings. The molecule has 0 aromatic heterocycles. The van der Waals surface area contributed by atoms with Gasteiger partial charge in [-0.15, -0.1) is 0 Å². The van der Waals surface area contributed by atoms with E-state index in [9.17, 15) is 4.79 Å². The molecule has 0 fully saturated rings. The Balaban J connectivity index is 1.91. The van der Waals surface area contributed by atoms with Crippen LogP contribution < -0.4 is 9.47 Å². The van der Waals surface area contributed by atoms with E-state index in [1.807, 2.05) is 36.4 Å². The van der Waals surface area contributed by atoms with Crippen LogP contribution in [0.3, 0.4) is 0 Å². The minimum atomic E-state index is -0.283. The van der Waals surface area contributed by atoms with Crippen molar-refractivity contribution in [2.24, 2.45) is 0 Å². The first-order valence-electron chi connectivity index (χ1n) is 7.24. The fraction of sp³-hybridized carbons (Fsp3) is 0.278. The van der Waals surface area contributed by atoms with Gasteiger partial charge in [0.2, 0.25) is 0 Å². The summed E-state index contributed by atoms with van der Waals surface area (Å²) in [4.78, 5) is 11.9. The first-order valence-corrected chi connectivity index (χ1v) is 7.62. The minimum absolute atomic E-state index is 0.174. The number of hydrogen-bond acceptors (Lipinski definition) is 4. The molecule has 0 N–H and O–H groups in total. The second kappa shape index (κ2) is 8.44. The number of methoxy groups -OCH3 is 2. The van der Waals surface area contributed by atoms with E-state index in [1.54, 1.807) is 20.3 Å². The van der Waals surface area contributed by atoms with Gasteiger partial charge < -0.3 is 14.2 Å². The first kappa shape index (κ1) is 17.2. The summed E-state index contributed by atoms with van der Waals surface area (Å²) in [5.41, 5.74) is 1.70. The Morgan fingerprint density at radius 2 is 1.74 bits per heavy atom. The zero-order valence-corrected chi connectivity index (χ0v) is 13.9. The monoisotopic (exact) mass is 334 g/mol. The predicted molar refractivity (Wildman–Crippen MR) is 89.1 cm³/mol. The standard InChI is InChI=1S/C18H19ClO4/c1-21-16-9-5-7-13(18(16)22-2)10-11-17(20)23-12-14-6-3-4-8-15(14)19/h3-9H,10-12H2,1-2H3. The second-order valence-electron chi connectivity index (χ2n) is 4.90. The average Bonchev–Trinajstić information content (AvgIpc) is 2.58. The van der Waals surface area contributed by atoms with Crippen LogP contribution >= 0.6 is 11.6 Å². The molecule has 0 saturated heterocycles. The lowest BCUT2D eigenvalue weighted by Gasteiger charge is -2.12. The number of carbonyl (C=O) groups excluding carboxylic acids is 1. The van der Waals surface area contributed by atoms with E-state index in [-0.39, 0.29) is 19.0 Å². The summed E-state index contributed by atoms with van der Waals surface area (Å²) in [5.74, 6) is 1.01. The Labute approximate surface area is 140 Å². The number of benzene rings is 2. The number of rotatable bonds is 7. The normalized spacial score (nSPS) is 10.2. The van der Waals surface area contributed by atoms with Crippen molar-refractivity contribution in [3.8, 4) is 11.5 Å². The van der Waals surface area contributed by atoms with Gasteiger partial charge in [0, 0.05) is 17.0 Å². The molecule has 0 aliphatic heterocycles. The van der Waals surface area contributed by atoms with Crippen LogP contribution in [-0.4, -0.2) is 20.2 Å². The molecule has 122 valence electrons. The van der Waals surface area contributed by atoms with Crippen LogP contribution in [0.25, 0.3) is 0 Å². The van der Waals surface area contributed by atoms with Crippen LogP contribution in [0.1, 0.15) is 17.5 Å². The van der Waals surface area contributed by atoms with E-state index in [0.717, 1.165) is 11.1 Å². The van der Waals surface area contributed by atoms with E-state index in [1.165, 1.54) is 0 Å². The molecule has 2 aromatic rings. The number of ether oxygens (including phenoxy) is 3. The molecular formula is C18H19ClO4. The average molecular weight is 335 g/mol.